The Morgan fingerprint density at radius 3 is 2.43 bits per heavy atom. The van der Waals surface area contributed by atoms with Crippen molar-refractivity contribution in [3.05, 3.63) is 65.0 Å². The number of hydrogen-bond acceptors (Lipinski definition) is 3. The van der Waals surface area contributed by atoms with Gasteiger partial charge in [-0.15, -0.1) is 0 Å². The number of hydrogen-bond donors (Lipinski definition) is 1. The molecule has 1 heterocycles. The molecule has 1 aromatic carbocycles. The molecule has 0 spiro atoms. The van der Waals surface area contributed by atoms with Gasteiger partial charge in [-0.2, -0.15) is 0 Å². The molecule has 0 aliphatic carbocycles. The van der Waals surface area contributed by atoms with Crippen LogP contribution in [0.5, 0.6) is 0 Å². The largest absolute Gasteiger partial charge is 0.478 e. The van der Waals surface area contributed by atoms with E-state index in [9.17, 15) is 9.59 Å². The molecule has 2 aromatic rings. The minimum atomic E-state index is -1.04. The molecule has 2 rings (SSSR count). The van der Waals surface area contributed by atoms with Gasteiger partial charge >= 0.3 is 5.97 Å². The summed E-state index contributed by atoms with van der Waals surface area (Å²) in [4.78, 5) is 29.0. The van der Waals surface area contributed by atoms with Crippen molar-refractivity contribution in [3.8, 4) is 0 Å². The summed E-state index contributed by atoms with van der Waals surface area (Å²) < 4.78 is 0. The van der Waals surface area contributed by atoms with Crippen molar-refractivity contribution in [2.75, 3.05) is 13.6 Å². The molecule has 0 atom stereocenters. The minimum Gasteiger partial charge on any atom is -0.478 e. The lowest BCUT2D eigenvalue weighted by Gasteiger charge is -2.17. The van der Waals surface area contributed by atoms with E-state index in [0.29, 0.717) is 12.2 Å². The zero-order chi connectivity index (χ0) is 16.8. The molecule has 0 unspecified atom stereocenters. The molecule has 1 amide bonds. The van der Waals surface area contributed by atoms with E-state index in [1.165, 1.54) is 17.7 Å². The summed E-state index contributed by atoms with van der Waals surface area (Å²) in [5.41, 5.74) is 1.98. The average molecular weight is 312 g/mol. The number of nitrogens with zero attached hydrogens (tertiary/aromatic N) is 2. The fourth-order valence-electron chi connectivity index (χ4n) is 2.37. The highest BCUT2D eigenvalue weighted by Gasteiger charge is 2.16. The van der Waals surface area contributed by atoms with Crippen LogP contribution in [-0.4, -0.2) is 40.5 Å². The third kappa shape index (κ3) is 4.39. The Morgan fingerprint density at radius 1 is 1.13 bits per heavy atom. The zero-order valence-corrected chi connectivity index (χ0v) is 13.3. The third-order valence-electron chi connectivity index (χ3n) is 3.68. The van der Waals surface area contributed by atoms with Gasteiger partial charge in [-0.25, -0.2) is 9.78 Å². The van der Waals surface area contributed by atoms with Crippen molar-refractivity contribution >= 4 is 11.9 Å². The molecule has 0 aliphatic heterocycles. The lowest BCUT2D eigenvalue weighted by atomic mass is 10.1. The number of aromatic nitrogens is 1. The number of aromatic carboxylic acids is 1. The standard InChI is InChI=1S/C18H20N2O3/c1-13-15(18(22)23)10-11-16(19-13)17(21)20(2)12-6-9-14-7-4-3-5-8-14/h3-5,7-8,10-11H,6,9,12H2,1-2H3,(H,22,23). The Morgan fingerprint density at radius 2 is 1.83 bits per heavy atom. The first kappa shape index (κ1) is 16.7. The highest BCUT2D eigenvalue weighted by atomic mass is 16.4. The van der Waals surface area contributed by atoms with Crippen LogP contribution < -0.4 is 0 Å². The van der Waals surface area contributed by atoms with E-state index in [1.54, 1.807) is 18.9 Å². The predicted molar refractivity (Wildman–Crippen MR) is 87.7 cm³/mol. The summed E-state index contributed by atoms with van der Waals surface area (Å²) in [5.74, 6) is -1.23. The van der Waals surface area contributed by atoms with Gasteiger partial charge < -0.3 is 10.0 Å². The second-order valence-corrected chi connectivity index (χ2v) is 5.45. The molecule has 1 N–H and O–H groups in total. The predicted octanol–water partition coefficient (Wildman–Crippen LogP) is 2.79. The molecule has 23 heavy (non-hydrogen) atoms. The van der Waals surface area contributed by atoms with Crippen LogP contribution in [0.1, 0.15) is 38.5 Å². The number of amides is 1. The monoisotopic (exact) mass is 312 g/mol. The van der Waals surface area contributed by atoms with Crippen LogP contribution in [0.15, 0.2) is 42.5 Å². The van der Waals surface area contributed by atoms with Crippen LogP contribution in [0.2, 0.25) is 0 Å². The van der Waals surface area contributed by atoms with Gasteiger partial charge in [-0.1, -0.05) is 30.3 Å². The molecule has 1 aromatic heterocycles. The Kier molecular flexibility index (Phi) is 5.46. The van der Waals surface area contributed by atoms with Gasteiger partial charge in [0.1, 0.15) is 5.69 Å². The number of carbonyl (C=O) groups is 2. The van der Waals surface area contributed by atoms with Gasteiger partial charge in [0.05, 0.1) is 11.3 Å². The van der Waals surface area contributed by atoms with E-state index in [4.69, 9.17) is 5.11 Å². The number of benzene rings is 1. The van der Waals surface area contributed by atoms with Crippen molar-refractivity contribution in [2.45, 2.75) is 19.8 Å². The molecule has 5 nitrogen and oxygen atoms in total. The summed E-state index contributed by atoms with van der Waals surface area (Å²) in [6.07, 6.45) is 1.77. The fourth-order valence-corrected chi connectivity index (χ4v) is 2.37. The lowest BCUT2D eigenvalue weighted by molar-refractivity contribution is 0.0693. The van der Waals surface area contributed by atoms with Crippen molar-refractivity contribution in [2.24, 2.45) is 0 Å². The summed E-state index contributed by atoms with van der Waals surface area (Å²) >= 11 is 0. The van der Waals surface area contributed by atoms with E-state index in [0.717, 1.165) is 12.8 Å². The zero-order valence-electron chi connectivity index (χ0n) is 13.3. The molecule has 0 saturated carbocycles. The maximum Gasteiger partial charge on any atom is 0.337 e. The second-order valence-electron chi connectivity index (χ2n) is 5.45. The van der Waals surface area contributed by atoms with E-state index in [1.807, 2.05) is 18.2 Å². The molecule has 0 saturated heterocycles. The first-order chi connectivity index (χ1) is 11.0. The van der Waals surface area contributed by atoms with Crippen molar-refractivity contribution in [1.29, 1.82) is 0 Å². The first-order valence-corrected chi connectivity index (χ1v) is 7.49. The summed E-state index contributed by atoms with van der Waals surface area (Å²) in [6, 6.07) is 13.0. The van der Waals surface area contributed by atoms with Gasteiger partial charge in [-0.05, 0) is 37.5 Å². The van der Waals surface area contributed by atoms with Crippen molar-refractivity contribution in [1.82, 2.24) is 9.88 Å². The fraction of sp³-hybridized carbons (Fsp3) is 0.278. The average Bonchev–Trinajstić information content (AvgIpc) is 2.54. The van der Waals surface area contributed by atoms with E-state index < -0.39 is 5.97 Å². The highest BCUT2D eigenvalue weighted by Crippen LogP contribution is 2.10. The Labute approximate surface area is 135 Å². The third-order valence-corrected chi connectivity index (χ3v) is 3.68. The molecule has 0 bridgehead atoms. The number of carbonyl (C=O) groups excluding carboxylic acids is 1. The number of pyridine rings is 1. The van der Waals surface area contributed by atoms with E-state index in [2.05, 4.69) is 17.1 Å². The van der Waals surface area contributed by atoms with Crippen LogP contribution >= 0.6 is 0 Å². The quantitative estimate of drug-likeness (QED) is 0.890. The number of carboxylic acid groups (broad SMARTS) is 1. The van der Waals surface area contributed by atoms with Crippen LogP contribution in [0, 0.1) is 6.92 Å². The van der Waals surface area contributed by atoms with Crippen molar-refractivity contribution in [3.63, 3.8) is 0 Å². The molecule has 120 valence electrons. The van der Waals surface area contributed by atoms with Gasteiger partial charge in [-0.3, -0.25) is 4.79 Å². The van der Waals surface area contributed by atoms with Gasteiger partial charge in [0.15, 0.2) is 0 Å². The van der Waals surface area contributed by atoms with Gasteiger partial charge in [0.25, 0.3) is 5.91 Å². The lowest BCUT2D eigenvalue weighted by Crippen LogP contribution is -2.29. The Balaban J connectivity index is 1.94. The molecule has 0 fully saturated rings. The van der Waals surface area contributed by atoms with Gasteiger partial charge in [0.2, 0.25) is 0 Å². The molecule has 0 radical (unpaired) electrons. The Hall–Kier alpha value is -2.69. The first-order valence-electron chi connectivity index (χ1n) is 7.49. The number of aryl methyl sites for hydroxylation is 2. The molecule has 0 aliphatic rings. The minimum absolute atomic E-state index is 0.119. The summed E-state index contributed by atoms with van der Waals surface area (Å²) in [7, 11) is 1.73. The molecular weight excluding hydrogens is 292 g/mol. The van der Waals surface area contributed by atoms with Gasteiger partial charge in [0, 0.05) is 13.6 Å². The Bertz CT molecular complexity index is 699. The van der Waals surface area contributed by atoms with Crippen LogP contribution in [0.3, 0.4) is 0 Å². The normalized spacial score (nSPS) is 10.3. The summed E-state index contributed by atoms with van der Waals surface area (Å²) in [5, 5.41) is 8.99. The smallest absolute Gasteiger partial charge is 0.337 e. The van der Waals surface area contributed by atoms with Crippen LogP contribution in [-0.2, 0) is 6.42 Å². The SMILES string of the molecule is Cc1nc(C(=O)N(C)CCCc2ccccc2)ccc1C(=O)O. The summed E-state index contributed by atoms with van der Waals surface area (Å²) in [6.45, 7) is 2.21. The number of carboxylic acids is 1. The highest BCUT2D eigenvalue weighted by molar-refractivity contribution is 5.94. The topological polar surface area (TPSA) is 70.5 Å². The second kappa shape index (κ2) is 7.54. The van der Waals surface area contributed by atoms with Crippen LogP contribution in [0.4, 0.5) is 0 Å². The van der Waals surface area contributed by atoms with E-state index >= 15 is 0 Å². The van der Waals surface area contributed by atoms with Crippen LogP contribution in [0.25, 0.3) is 0 Å². The maximum absolute atomic E-state index is 12.3. The van der Waals surface area contributed by atoms with E-state index in [-0.39, 0.29) is 17.2 Å². The molecule has 5 heteroatoms. The van der Waals surface area contributed by atoms with Crippen molar-refractivity contribution < 1.29 is 14.7 Å². The number of rotatable bonds is 6. The molecular formula is C18H20N2O3. The maximum atomic E-state index is 12.3.